The minimum absolute atomic E-state index is 0.0405. The van der Waals surface area contributed by atoms with E-state index in [-0.39, 0.29) is 10.9 Å². The molecule has 2 heterocycles. The van der Waals surface area contributed by atoms with E-state index in [1.807, 2.05) is 18.2 Å². The van der Waals surface area contributed by atoms with Crippen molar-refractivity contribution >= 4 is 27.8 Å². The summed E-state index contributed by atoms with van der Waals surface area (Å²) in [5.74, 6) is 1.23. The smallest absolute Gasteiger partial charge is 0.348 e. The number of benzene rings is 1. The molecule has 0 fully saturated rings. The van der Waals surface area contributed by atoms with Crippen molar-refractivity contribution in [3.63, 3.8) is 0 Å². The van der Waals surface area contributed by atoms with Crippen LogP contribution in [0.1, 0.15) is 21.5 Å². The molecule has 116 valence electrons. The predicted molar refractivity (Wildman–Crippen MR) is 84.3 cm³/mol. The molecule has 1 aliphatic rings. The third kappa shape index (κ3) is 2.00. The highest BCUT2D eigenvalue weighted by molar-refractivity contribution is 6.68. The van der Waals surface area contributed by atoms with Crippen LogP contribution in [0.25, 0.3) is 22.3 Å². The van der Waals surface area contributed by atoms with Crippen LogP contribution in [0, 0.1) is 0 Å². The Bertz CT molecular complexity index is 1010. The second-order valence-corrected chi connectivity index (χ2v) is 5.69. The van der Waals surface area contributed by atoms with Crippen molar-refractivity contribution in [2.24, 2.45) is 0 Å². The summed E-state index contributed by atoms with van der Waals surface area (Å²) in [5.41, 5.74) is 2.45. The zero-order valence-electron chi connectivity index (χ0n) is 12.1. The normalized spacial score (nSPS) is 12.8. The first kappa shape index (κ1) is 14.1. The molecule has 3 aromatic rings. The van der Waals surface area contributed by atoms with Gasteiger partial charge in [0.15, 0.2) is 0 Å². The van der Waals surface area contributed by atoms with Crippen LogP contribution in [0.2, 0.25) is 0 Å². The molecule has 0 spiro atoms. The second-order valence-electron chi connectivity index (χ2n) is 5.35. The lowest BCUT2D eigenvalue weighted by molar-refractivity contribution is 0.108. The number of carbonyl (C=O) groups excluding carboxylic acids is 1. The Morgan fingerprint density at radius 3 is 2.87 bits per heavy atom. The molecule has 0 saturated heterocycles. The number of hydrogen-bond acceptors (Lipinski definition) is 5. The first-order chi connectivity index (χ1) is 11.1. The third-order valence-corrected chi connectivity index (χ3v) is 4.35. The van der Waals surface area contributed by atoms with Gasteiger partial charge in [-0.15, -0.1) is 0 Å². The average molecular weight is 331 g/mol. The lowest BCUT2D eigenvalue weighted by Gasteiger charge is -2.18. The predicted octanol–water partition coefficient (Wildman–Crippen LogP) is 3.54. The molecule has 0 amide bonds. The fraction of sp³-hybridized carbons (Fsp3) is 0.176. The molecule has 0 N–H and O–H groups in total. The number of halogens is 1. The largest absolute Gasteiger partial charge is 0.497 e. The highest BCUT2D eigenvalue weighted by Gasteiger charge is 2.27. The summed E-state index contributed by atoms with van der Waals surface area (Å²) in [6.07, 6.45) is 2.60. The molecule has 6 heteroatoms. The number of rotatable bonds is 2. The monoisotopic (exact) mass is 330 g/mol. The fourth-order valence-electron chi connectivity index (χ4n) is 3.07. The quantitative estimate of drug-likeness (QED) is 0.672. The molecular formula is C17H11ClO5. The van der Waals surface area contributed by atoms with Crippen LogP contribution in [-0.4, -0.2) is 12.4 Å². The Balaban J connectivity index is 2.03. The van der Waals surface area contributed by atoms with E-state index in [2.05, 4.69) is 0 Å². The highest BCUT2D eigenvalue weighted by Crippen LogP contribution is 2.38. The lowest BCUT2D eigenvalue weighted by Crippen LogP contribution is -2.11. The molecule has 23 heavy (non-hydrogen) atoms. The maximum atomic E-state index is 12.3. The van der Waals surface area contributed by atoms with E-state index in [1.54, 1.807) is 7.11 Å². The first-order valence-electron chi connectivity index (χ1n) is 7.04. The van der Waals surface area contributed by atoms with E-state index < -0.39 is 10.9 Å². The van der Waals surface area contributed by atoms with Gasteiger partial charge in [0.25, 0.3) is 5.24 Å². The van der Waals surface area contributed by atoms with E-state index in [9.17, 15) is 9.59 Å². The molecule has 1 aromatic carbocycles. The van der Waals surface area contributed by atoms with Gasteiger partial charge in [0.05, 0.1) is 12.7 Å². The van der Waals surface area contributed by atoms with Gasteiger partial charge >= 0.3 is 5.63 Å². The van der Waals surface area contributed by atoms with Crippen molar-refractivity contribution in [1.29, 1.82) is 0 Å². The zero-order valence-corrected chi connectivity index (χ0v) is 12.9. The Hall–Kier alpha value is -2.53. The van der Waals surface area contributed by atoms with Crippen LogP contribution < -0.4 is 10.4 Å². The topological polar surface area (TPSA) is 69.7 Å². The Labute approximate surface area is 135 Å². The van der Waals surface area contributed by atoms with E-state index in [1.165, 1.54) is 6.26 Å². The fourth-order valence-corrected chi connectivity index (χ4v) is 3.20. The van der Waals surface area contributed by atoms with Gasteiger partial charge in [-0.3, -0.25) is 4.79 Å². The van der Waals surface area contributed by atoms with Crippen molar-refractivity contribution in [3.8, 4) is 17.1 Å². The summed E-state index contributed by atoms with van der Waals surface area (Å²) in [6.45, 7) is 0. The van der Waals surface area contributed by atoms with Crippen molar-refractivity contribution in [2.45, 2.75) is 12.8 Å². The summed E-state index contributed by atoms with van der Waals surface area (Å²) in [6, 6.07) is 5.60. The van der Waals surface area contributed by atoms with Gasteiger partial charge in [-0.1, -0.05) is 0 Å². The van der Waals surface area contributed by atoms with Gasteiger partial charge < -0.3 is 13.6 Å². The van der Waals surface area contributed by atoms with Crippen LogP contribution in [-0.2, 0) is 12.8 Å². The van der Waals surface area contributed by atoms with Crippen LogP contribution in [0.3, 0.4) is 0 Å². The number of fused-ring (bicyclic) bond motifs is 5. The summed E-state index contributed by atoms with van der Waals surface area (Å²) in [7, 11) is 1.61. The number of aryl methyl sites for hydroxylation is 2. The Morgan fingerprint density at radius 1 is 1.30 bits per heavy atom. The summed E-state index contributed by atoms with van der Waals surface area (Å²) < 4.78 is 16.2. The van der Waals surface area contributed by atoms with Gasteiger partial charge in [0.1, 0.15) is 28.7 Å². The molecular weight excluding hydrogens is 320 g/mol. The average Bonchev–Trinajstić information content (AvgIpc) is 3.00. The van der Waals surface area contributed by atoms with Gasteiger partial charge in [0.2, 0.25) is 0 Å². The maximum Gasteiger partial charge on any atom is 0.348 e. The number of methoxy groups -OCH3 is 1. The van der Waals surface area contributed by atoms with Crippen molar-refractivity contribution in [1.82, 2.24) is 0 Å². The van der Waals surface area contributed by atoms with Gasteiger partial charge in [-0.2, -0.15) is 0 Å². The van der Waals surface area contributed by atoms with E-state index in [0.717, 1.165) is 28.9 Å². The van der Waals surface area contributed by atoms with Crippen LogP contribution >= 0.6 is 11.6 Å². The van der Waals surface area contributed by atoms with E-state index in [4.69, 9.17) is 25.2 Å². The molecule has 0 radical (unpaired) electrons. The van der Waals surface area contributed by atoms with Gasteiger partial charge in [0, 0.05) is 11.1 Å². The maximum absolute atomic E-state index is 12.3. The zero-order chi connectivity index (χ0) is 16.1. The van der Waals surface area contributed by atoms with Crippen molar-refractivity contribution in [3.05, 3.63) is 51.6 Å². The molecule has 0 aliphatic heterocycles. The van der Waals surface area contributed by atoms with Crippen LogP contribution in [0.5, 0.6) is 5.75 Å². The first-order valence-corrected chi connectivity index (χ1v) is 7.42. The molecule has 0 atom stereocenters. The van der Waals surface area contributed by atoms with Crippen molar-refractivity contribution in [2.75, 3.05) is 7.11 Å². The molecule has 0 bridgehead atoms. The number of ether oxygens (including phenoxy) is 1. The SMILES string of the molecule is COc1ccc2c(c1)CCc1c-2oc(=O)c2c(C(=O)Cl)coc12. The molecule has 1 aliphatic carbocycles. The minimum Gasteiger partial charge on any atom is -0.497 e. The van der Waals surface area contributed by atoms with Crippen LogP contribution in [0.4, 0.5) is 0 Å². The summed E-state index contributed by atoms with van der Waals surface area (Å²) in [5, 5.41) is -0.627. The Kier molecular flexibility index (Phi) is 3.06. The number of furan rings is 1. The molecule has 5 nitrogen and oxygen atoms in total. The molecule has 0 unspecified atom stereocenters. The van der Waals surface area contributed by atoms with Gasteiger partial charge in [-0.05, 0) is 48.2 Å². The van der Waals surface area contributed by atoms with E-state index in [0.29, 0.717) is 17.8 Å². The summed E-state index contributed by atoms with van der Waals surface area (Å²) >= 11 is 5.50. The van der Waals surface area contributed by atoms with Gasteiger partial charge in [-0.25, -0.2) is 4.79 Å². The second kappa shape index (κ2) is 4.99. The minimum atomic E-state index is -0.739. The van der Waals surface area contributed by atoms with Crippen molar-refractivity contribution < 1.29 is 18.4 Å². The lowest BCUT2D eigenvalue weighted by atomic mass is 9.89. The molecule has 4 rings (SSSR count). The van der Waals surface area contributed by atoms with E-state index >= 15 is 0 Å². The third-order valence-electron chi connectivity index (χ3n) is 4.15. The molecule has 2 aromatic heterocycles. The summed E-state index contributed by atoms with van der Waals surface area (Å²) in [4.78, 5) is 23.7. The Morgan fingerprint density at radius 2 is 2.13 bits per heavy atom. The standard InChI is InChI=1S/C17H11ClO5/c1-21-9-3-5-10-8(6-9)2-4-11-14(10)23-17(20)13-12(16(18)19)7-22-15(11)13/h3,5-7H,2,4H2,1H3. The molecule has 0 saturated carbocycles. The number of hydrogen-bond donors (Lipinski definition) is 0. The number of carbonyl (C=O) groups is 1. The van der Waals surface area contributed by atoms with Crippen LogP contribution in [0.15, 0.2) is 38.1 Å². The highest BCUT2D eigenvalue weighted by atomic mass is 35.5.